The van der Waals surface area contributed by atoms with Crippen molar-refractivity contribution in [2.45, 2.75) is 6.42 Å². The van der Waals surface area contributed by atoms with Gasteiger partial charge in [0.1, 0.15) is 5.75 Å². The smallest absolute Gasteiger partial charge is 0.128 e. The Morgan fingerprint density at radius 2 is 1.71 bits per heavy atom. The summed E-state index contributed by atoms with van der Waals surface area (Å²) >= 11 is 0. The summed E-state index contributed by atoms with van der Waals surface area (Å²) in [5, 5.41) is 0. The van der Waals surface area contributed by atoms with Crippen LogP contribution in [-0.4, -0.2) is 38.4 Å². The summed E-state index contributed by atoms with van der Waals surface area (Å²) in [6.45, 7) is 1.74. The summed E-state index contributed by atoms with van der Waals surface area (Å²) in [6.07, 6.45) is 2.87. The minimum absolute atomic E-state index is 0.717. The molecule has 3 nitrogen and oxygen atoms in total. The third kappa shape index (κ3) is 5.40. The molecule has 0 radical (unpaired) electrons. The summed E-state index contributed by atoms with van der Waals surface area (Å²) in [6, 6.07) is 17.9. The van der Waals surface area contributed by atoms with Crippen LogP contribution < -0.4 is 4.74 Å². The van der Waals surface area contributed by atoms with Crippen LogP contribution in [0.2, 0.25) is 0 Å². The van der Waals surface area contributed by atoms with Crippen LogP contribution in [0.5, 0.6) is 5.75 Å². The van der Waals surface area contributed by atoms with Crippen molar-refractivity contribution in [3.8, 4) is 5.75 Å². The average Bonchev–Trinajstić information content (AvgIpc) is 2.51. The summed E-state index contributed by atoms with van der Waals surface area (Å²) in [5.74, 6) is 0.885. The molecule has 0 bridgehead atoms. The Morgan fingerprint density at radius 3 is 2.48 bits per heavy atom. The van der Waals surface area contributed by atoms with Crippen molar-refractivity contribution < 1.29 is 4.74 Å². The van der Waals surface area contributed by atoms with Gasteiger partial charge in [0.15, 0.2) is 0 Å². The predicted molar refractivity (Wildman–Crippen MR) is 88.8 cm³/mol. The Labute approximate surface area is 126 Å². The number of benzene rings is 2. The van der Waals surface area contributed by atoms with Crippen LogP contribution in [0.25, 0.3) is 0 Å². The summed E-state index contributed by atoms with van der Waals surface area (Å²) in [4.78, 5) is 6.64. The Balaban J connectivity index is 1.98. The van der Waals surface area contributed by atoms with E-state index in [0.717, 1.165) is 30.0 Å². The molecule has 0 aliphatic carbocycles. The van der Waals surface area contributed by atoms with Gasteiger partial charge in [-0.25, -0.2) is 0 Å². The fraction of sp³-hybridized carbons (Fsp3) is 0.278. The highest BCUT2D eigenvalue weighted by atomic mass is 16.5. The van der Waals surface area contributed by atoms with Crippen LogP contribution in [0.1, 0.15) is 12.0 Å². The predicted octanol–water partition coefficient (Wildman–Crippen LogP) is 3.77. The molecule has 0 saturated carbocycles. The monoisotopic (exact) mass is 282 g/mol. The van der Waals surface area contributed by atoms with Gasteiger partial charge in [0, 0.05) is 18.3 Å². The number of ether oxygens (including phenoxy) is 1. The van der Waals surface area contributed by atoms with E-state index in [1.54, 1.807) is 0 Å². The minimum Gasteiger partial charge on any atom is -0.493 e. The maximum Gasteiger partial charge on any atom is 0.128 e. The molecule has 0 N–H and O–H groups in total. The topological polar surface area (TPSA) is 24.8 Å². The highest BCUT2D eigenvalue weighted by molar-refractivity contribution is 5.85. The summed E-state index contributed by atoms with van der Waals surface area (Å²) in [7, 11) is 4.14. The molecule has 110 valence electrons. The second-order valence-electron chi connectivity index (χ2n) is 5.14. The van der Waals surface area contributed by atoms with Gasteiger partial charge in [-0.15, -0.1) is 0 Å². The van der Waals surface area contributed by atoms with Crippen molar-refractivity contribution >= 4 is 11.9 Å². The number of hydrogen-bond donors (Lipinski definition) is 0. The first-order valence-electron chi connectivity index (χ1n) is 7.21. The number of hydrogen-bond acceptors (Lipinski definition) is 3. The maximum absolute atomic E-state index is 5.86. The highest BCUT2D eigenvalue weighted by Crippen LogP contribution is 2.18. The first-order valence-corrected chi connectivity index (χ1v) is 7.21. The Morgan fingerprint density at radius 1 is 1.00 bits per heavy atom. The van der Waals surface area contributed by atoms with Gasteiger partial charge < -0.3 is 9.64 Å². The molecule has 21 heavy (non-hydrogen) atoms. The molecule has 0 aromatic heterocycles. The second-order valence-corrected chi connectivity index (χ2v) is 5.14. The zero-order valence-electron chi connectivity index (χ0n) is 12.7. The van der Waals surface area contributed by atoms with E-state index in [4.69, 9.17) is 4.74 Å². The largest absolute Gasteiger partial charge is 0.493 e. The minimum atomic E-state index is 0.717. The van der Waals surface area contributed by atoms with Gasteiger partial charge in [-0.1, -0.05) is 30.3 Å². The molecule has 0 fully saturated rings. The van der Waals surface area contributed by atoms with E-state index < -0.39 is 0 Å². The molecule has 0 heterocycles. The molecule has 0 atom stereocenters. The lowest BCUT2D eigenvalue weighted by atomic mass is 10.2. The Kier molecular flexibility index (Phi) is 5.98. The van der Waals surface area contributed by atoms with Crippen molar-refractivity contribution in [1.82, 2.24) is 4.90 Å². The fourth-order valence-electron chi connectivity index (χ4n) is 1.94. The zero-order valence-corrected chi connectivity index (χ0v) is 12.7. The van der Waals surface area contributed by atoms with Crippen LogP contribution in [0.3, 0.4) is 0 Å². The SMILES string of the molecule is CN(C)CCCOc1ccccc1C=Nc1ccccc1. The number of nitrogens with zero attached hydrogens (tertiary/aromatic N) is 2. The fourth-order valence-corrected chi connectivity index (χ4v) is 1.94. The molecule has 0 spiro atoms. The average molecular weight is 282 g/mol. The molecule has 3 heteroatoms. The van der Waals surface area contributed by atoms with Gasteiger partial charge in [0.05, 0.1) is 12.3 Å². The Hall–Kier alpha value is -2.13. The van der Waals surface area contributed by atoms with E-state index in [2.05, 4.69) is 24.0 Å². The van der Waals surface area contributed by atoms with Crippen molar-refractivity contribution in [1.29, 1.82) is 0 Å². The first-order chi connectivity index (χ1) is 10.3. The van der Waals surface area contributed by atoms with Gasteiger partial charge in [-0.3, -0.25) is 4.99 Å². The third-order valence-electron chi connectivity index (χ3n) is 3.04. The summed E-state index contributed by atoms with van der Waals surface area (Å²) < 4.78 is 5.86. The molecular weight excluding hydrogens is 260 g/mol. The van der Waals surface area contributed by atoms with Crippen molar-refractivity contribution in [2.75, 3.05) is 27.2 Å². The van der Waals surface area contributed by atoms with E-state index in [-0.39, 0.29) is 0 Å². The summed E-state index contributed by atoms with van der Waals surface area (Å²) in [5.41, 5.74) is 1.95. The second kappa shape index (κ2) is 8.22. The molecule has 0 aliphatic rings. The normalized spacial score (nSPS) is 11.2. The molecule has 0 aliphatic heterocycles. The number of rotatable bonds is 7. The van der Waals surface area contributed by atoms with E-state index in [1.165, 1.54) is 0 Å². The third-order valence-corrected chi connectivity index (χ3v) is 3.04. The van der Waals surface area contributed by atoms with E-state index in [1.807, 2.05) is 60.8 Å². The molecular formula is C18H22N2O. The standard InChI is InChI=1S/C18H22N2O/c1-20(2)13-8-14-21-18-12-7-6-9-16(18)15-19-17-10-4-3-5-11-17/h3-7,9-12,15H,8,13-14H2,1-2H3. The Bertz CT molecular complexity index is 564. The first kappa shape index (κ1) is 15.3. The molecule has 2 aromatic rings. The highest BCUT2D eigenvalue weighted by Gasteiger charge is 2.00. The quantitative estimate of drug-likeness (QED) is 0.570. The van der Waals surface area contributed by atoms with Gasteiger partial charge in [0.25, 0.3) is 0 Å². The van der Waals surface area contributed by atoms with Crippen LogP contribution in [0.4, 0.5) is 5.69 Å². The van der Waals surface area contributed by atoms with E-state index in [9.17, 15) is 0 Å². The van der Waals surface area contributed by atoms with Crippen LogP contribution in [0, 0.1) is 0 Å². The molecule has 2 rings (SSSR count). The van der Waals surface area contributed by atoms with E-state index >= 15 is 0 Å². The lowest BCUT2D eigenvalue weighted by Gasteiger charge is -2.11. The van der Waals surface area contributed by atoms with E-state index in [0.29, 0.717) is 6.61 Å². The number of aliphatic imine (C=N–C) groups is 1. The van der Waals surface area contributed by atoms with Crippen molar-refractivity contribution in [3.05, 3.63) is 60.2 Å². The van der Waals surface area contributed by atoms with Crippen molar-refractivity contribution in [3.63, 3.8) is 0 Å². The molecule has 2 aromatic carbocycles. The van der Waals surface area contributed by atoms with Gasteiger partial charge >= 0.3 is 0 Å². The number of para-hydroxylation sites is 2. The molecule has 0 saturated heterocycles. The van der Waals surface area contributed by atoms with Gasteiger partial charge in [-0.05, 0) is 44.8 Å². The molecule has 0 unspecified atom stereocenters. The molecule has 0 amide bonds. The van der Waals surface area contributed by atoms with Crippen molar-refractivity contribution in [2.24, 2.45) is 4.99 Å². The lowest BCUT2D eigenvalue weighted by Crippen LogP contribution is -2.15. The van der Waals surface area contributed by atoms with Gasteiger partial charge in [0.2, 0.25) is 0 Å². The van der Waals surface area contributed by atoms with Crippen LogP contribution >= 0.6 is 0 Å². The van der Waals surface area contributed by atoms with Gasteiger partial charge in [-0.2, -0.15) is 0 Å². The lowest BCUT2D eigenvalue weighted by molar-refractivity contribution is 0.281. The van der Waals surface area contributed by atoms with Crippen LogP contribution in [0.15, 0.2) is 59.6 Å². The zero-order chi connectivity index (χ0) is 14.9. The maximum atomic E-state index is 5.86. The van der Waals surface area contributed by atoms with Crippen LogP contribution in [-0.2, 0) is 0 Å².